The molecule has 0 aromatic heterocycles. The molecule has 0 fully saturated rings. The lowest BCUT2D eigenvalue weighted by molar-refractivity contribution is -0.0376. The van der Waals surface area contributed by atoms with Crippen LogP contribution in [-0.2, 0) is 22.6 Å². The Hall–Kier alpha value is -0.900. The second kappa shape index (κ2) is 6.74. The number of ether oxygens (including phenoxy) is 2. The van der Waals surface area contributed by atoms with Gasteiger partial charge in [0.05, 0.1) is 25.4 Å². The molecule has 0 amide bonds. The summed E-state index contributed by atoms with van der Waals surface area (Å²) in [5.74, 6) is 0. The van der Waals surface area contributed by atoms with E-state index in [1.807, 2.05) is 45.0 Å². The molecule has 1 aromatic carbocycles. The Bertz CT molecular complexity index is 314. The average Bonchev–Trinajstić information content (AvgIpc) is 2.28. The molecule has 0 heterocycles. The zero-order valence-electron chi connectivity index (χ0n) is 11.0. The van der Waals surface area contributed by atoms with Crippen molar-refractivity contribution in [1.29, 1.82) is 0 Å². The van der Waals surface area contributed by atoms with Crippen LogP contribution < -0.4 is 5.73 Å². The summed E-state index contributed by atoms with van der Waals surface area (Å²) < 4.78 is 11.1. The van der Waals surface area contributed by atoms with Gasteiger partial charge in [0.1, 0.15) is 0 Å². The highest BCUT2D eigenvalue weighted by Crippen LogP contribution is 2.07. The Balaban J connectivity index is 2.18. The summed E-state index contributed by atoms with van der Waals surface area (Å²) in [7, 11) is 0. The first kappa shape index (κ1) is 14.2. The van der Waals surface area contributed by atoms with Gasteiger partial charge in [-0.15, -0.1) is 0 Å². The Morgan fingerprint density at radius 3 is 2.12 bits per heavy atom. The standard InChI is InChI=1S/C14H23NO2/c1-14(2,3)17-9-8-16-11-13-6-4-12(10-15)5-7-13/h4-7H,8-11,15H2,1-3H3. The SMILES string of the molecule is CC(C)(C)OCCOCc1ccc(CN)cc1. The summed E-state index contributed by atoms with van der Waals surface area (Å²) >= 11 is 0. The van der Waals surface area contributed by atoms with Crippen molar-refractivity contribution in [1.82, 2.24) is 0 Å². The van der Waals surface area contributed by atoms with E-state index in [1.165, 1.54) is 0 Å². The predicted octanol–water partition coefficient (Wildman–Crippen LogP) is 2.48. The van der Waals surface area contributed by atoms with Crippen LogP contribution in [0.3, 0.4) is 0 Å². The molecule has 0 atom stereocenters. The third-order valence-electron chi connectivity index (χ3n) is 2.29. The lowest BCUT2D eigenvalue weighted by Gasteiger charge is -2.19. The summed E-state index contributed by atoms with van der Waals surface area (Å²) in [6.45, 7) is 8.58. The van der Waals surface area contributed by atoms with Crippen molar-refractivity contribution in [2.75, 3.05) is 13.2 Å². The van der Waals surface area contributed by atoms with Gasteiger partial charge in [0.25, 0.3) is 0 Å². The Morgan fingerprint density at radius 1 is 1.00 bits per heavy atom. The Kier molecular flexibility index (Phi) is 5.62. The van der Waals surface area contributed by atoms with Crippen molar-refractivity contribution < 1.29 is 9.47 Å². The summed E-state index contributed by atoms with van der Waals surface area (Å²) in [5.41, 5.74) is 7.75. The van der Waals surface area contributed by atoms with E-state index >= 15 is 0 Å². The fourth-order valence-electron chi connectivity index (χ4n) is 1.37. The first-order valence-electron chi connectivity index (χ1n) is 6.01. The normalized spacial score (nSPS) is 11.8. The van der Waals surface area contributed by atoms with Crippen molar-refractivity contribution in [2.24, 2.45) is 5.73 Å². The van der Waals surface area contributed by atoms with Crippen molar-refractivity contribution in [3.8, 4) is 0 Å². The van der Waals surface area contributed by atoms with Gasteiger partial charge in [-0.2, -0.15) is 0 Å². The van der Waals surface area contributed by atoms with E-state index in [9.17, 15) is 0 Å². The van der Waals surface area contributed by atoms with Crippen molar-refractivity contribution in [3.63, 3.8) is 0 Å². The largest absolute Gasteiger partial charge is 0.374 e. The summed E-state index contributed by atoms with van der Waals surface area (Å²) in [4.78, 5) is 0. The van der Waals surface area contributed by atoms with Crippen molar-refractivity contribution in [3.05, 3.63) is 35.4 Å². The molecule has 1 aromatic rings. The molecule has 0 aliphatic rings. The topological polar surface area (TPSA) is 44.5 Å². The van der Waals surface area contributed by atoms with Crippen LogP contribution in [0.15, 0.2) is 24.3 Å². The minimum Gasteiger partial charge on any atom is -0.374 e. The second-order valence-corrected chi connectivity index (χ2v) is 5.03. The number of hydrogen-bond acceptors (Lipinski definition) is 3. The number of benzene rings is 1. The fourth-order valence-corrected chi connectivity index (χ4v) is 1.37. The van der Waals surface area contributed by atoms with Crippen LogP contribution in [0, 0.1) is 0 Å². The van der Waals surface area contributed by atoms with Gasteiger partial charge >= 0.3 is 0 Å². The molecular formula is C14H23NO2. The van der Waals surface area contributed by atoms with Gasteiger partial charge in [-0.1, -0.05) is 24.3 Å². The minimum absolute atomic E-state index is 0.0911. The van der Waals surface area contributed by atoms with Gasteiger partial charge in [-0.25, -0.2) is 0 Å². The monoisotopic (exact) mass is 237 g/mol. The molecule has 96 valence electrons. The smallest absolute Gasteiger partial charge is 0.0718 e. The quantitative estimate of drug-likeness (QED) is 0.773. The molecule has 0 saturated carbocycles. The third kappa shape index (κ3) is 6.41. The minimum atomic E-state index is -0.0911. The van der Waals surface area contributed by atoms with Crippen molar-refractivity contribution in [2.45, 2.75) is 39.5 Å². The van der Waals surface area contributed by atoms with E-state index < -0.39 is 0 Å². The van der Waals surface area contributed by atoms with Gasteiger partial charge in [0.15, 0.2) is 0 Å². The highest BCUT2D eigenvalue weighted by Gasteiger charge is 2.08. The number of rotatable bonds is 6. The molecule has 0 radical (unpaired) electrons. The first-order chi connectivity index (χ1) is 8.01. The maximum Gasteiger partial charge on any atom is 0.0718 e. The Labute approximate surface area is 104 Å². The molecular weight excluding hydrogens is 214 g/mol. The van der Waals surface area contributed by atoms with Gasteiger partial charge in [0, 0.05) is 6.54 Å². The molecule has 17 heavy (non-hydrogen) atoms. The van der Waals surface area contributed by atoms with Gasteiger partial charge < -0.3 is 15.2 Å². The first-order valence-corrected chi connectivity index (χ1v) is 6.01. The van der Waals surface area contributed by atoms with Crippen LogP contribution in [0.2, 0.25) is 0 Å². The molecule has 3 heteroatoms. The average molecular weight is 237 g/mol. The van der Waals surface area contributed by atoms with E-state index in [4.69, 9.17) is 15.2 Å². The molecule has 0 aliphatic heterocycles. The second-order valence-electron chi connectivity index (χ2n) is 5.03. The van der Waals surface area contributed by atoms with Crippen LogP contribution in [-0.4, -0.2) is 18.8 Å². The van der Waals surface area contributed by atoms with Crippen LogP contribution in [0.4, 0.5) is 0 Å². The highest BCUT2D eigenvalue weighted by molar-refractivity contribution is 5.21. The summed E-state index contributed by atoms with van der Waals surface area (Å²) in [6.07, 6.45) is 0. The lowest BCUT2D eigenvalue weighted by Crippen LogP contribution is -2.21. The van der Waals surface area contributed by atoms with Gasteiger partial charge in [0.2, 0.25) is 0 Å². The Morgan fingerprint density at radius 2 is 1.59 bits per heavy atom. The molecule has 3 nitrogen and oxygen atoms in total. The zero-order chi connectivity index (χ0) is 12.7. The third-order valence-corrected chi connectivity index (χ3v) is 2.29. The molecule has 0 saturated heterocycles. The maximum atomic E-state index is 5.56. The highest BCUT2D eigenvalue weighted by atomic mass is 16.5. The molecule has 2 N–H and O–H groups in total. The van der Waals surface area contributed by atoms with E-state index in [0.717, 1.165) is 11.1 Å². The van der Waals surface area contributed by atoms with Gasteiger partial charge in [-0.05, 0) is 31.9 Å². The zero-order valence-corrected chi connectivity index (χ0v) is 11.0. The predicted molar refractivity (Wildman–Crippen MR) is 69.7 cm³/mol. The molecule has 0 bridgehead atoms. The van der Waals surface area contributed by atoms with E-state index in [-0.39, 0.29) is 5.60 Å². The molecule has 0 spiro atoms. The number of hydrogen-bond donors (Lipinski definition) is 1. The van der Waals surface area contributed by atoms with E-state index in [2.05, 4.69) is 0 Å². The van der Waals surface area contributed by atoms with Crippen molar-refractivity contribution >= 4 is 0 Å². The molecule has 0 unspecified atom stereocenters. The molecule has 0 aliphatic carbocycles. The van der Waals surface area contributed by atoms with E-state index in [0.29, 0.717) is 26.4 Å². The fraction of sp³-hybridized carbons (Fsp3) is 0.571. The van der Waals surface area contributed by atoms with Gasteiger partial charge in [-0.3, -0.25) is 0 Å². The van der Waals surface area contributed by atoms with Crippen LogP contribution in [0.1, 0.15) is 31.9 Å². The van der Waals surface area contributed by atoms with E-state index in [1.54, 1.807) is 0 Å². The molecule has 1 rings (SSSR count). The maximum absolute atomic E-state index is 5.56. The van der Waals surface area contributed by atoms with Crippen LogP contribution in [0.25, 0.3) is 0 Å². The lowest BCUT2D eigenvalue weighted by atomic mass is 10.1. The summed E-state index contributed by atoms with van der Waals surface area (Å²) in [6, 6.07) is 8.16. The number of nitrogens with two attached hydrogens (primary N) is 1. The van der Waals surface area contributed by atoms with Crippen LogP contribution >= 0.6 is 0 Å². The van der Waals surface area contributed by atoms with Crippen LogP contribution in [0.5, 0.6) is 0 Å². The summed E-state index contributed by atoms with van der Waals surface area (Å²) in [5, 5.41) is 0.